The number of hydroxylamine groups is 2. The average molecular weight is 389 g/mol. The number of hydrogen-bond donors (Lipinski definition) is 1. The molecule has 1 fully saturated rings. The first kappa shape index (κ1) is 21.7. The highest BCUT2D eigenvalue weighted by atomic mass is 19.1. The normalized spacial score (nSPS) is 14.8. The minimum absolute atomic E-state index is 0.0598. The monoisotopic (exact) mass is 389 g/mol. The zero-order valence-electron chi connectivity index (χ0n) is 16.3. The zero-order chi connectivity index (χ0) is 20.4. The van der Waals surface area contributed by atoms with E-state index in [4.69, 9.17) is 0 Å². The number of carbonyl (C=O) groups excluding carboxylic acids is 2. The summed E-state index contributed by atoms with van der Waals surface area (Å²) >= 11 is 0. The summed E-state index contributed by atoms with van der Waals surface area (Å²) in [6.45, 7) is 4.06. The van der Waals surface area contributed by atoms with Gasteiger partial charge in [-0.25, -0.2) is 9.45 Å². The summed E-state index contributed by atoms with van der Waals surface area (Å²) in [7, 11) is 0. The van der Waals surface area contributed by atoms with E-state index in [0.29, 0.717) is 43.4 Å². The molecule has 28 heavy (non-hydrogen) atoms. The molecule has 1 aliphatic heterocycles. The number of unbranched alkanes of at least 4 members (excludes halogenated alkanes) is 3. The van der Waals surface area contributed by atoms with Crippen LogP contribution in [0.4, 0.5) is 10.1 Å². The number of amides is 2. The number of carbonyl (C=O) groups is 2. The van der Waals surface area contributed by atoms with Gasteiger partial charge in [0.2, 0.25) is 12.3 Å². The molecule has 0 aliphatic carbocycles. The molecule has 0 radical (unpaired) electrons. The van der Waals surface area contributed by atoms with Gasteiger partial charge in [-0.1, -0.05) is 37.8 Å². The van der Waals surface area contributed by atoms with Gasteiger partial charge >= 0.3 is 0 Å². The fraction of sp³-hybridized carbons (Fsp3) is 0.524. The third-order valence-corrected chi connectivity index (χ3v) is 4.79. The Kier molecular flexibility index (Phi) is 8.76. The molecule has 0 spiro atoms. The van der Waals surface area contributed by atoms with E-state index in [-0.39, 0.29) is 24.6 Å². The van der Waals surface area contributed by atoms with Crippen molar-refractivity contribution in [1.29, 1.82) is 0 Å². The number of halogens is 1. The topological polar surface area (TPSA) is 64.1 Å². The first-order chi connectivity index (χ1) is 13.6. The van der Waals surface area contributed by atoms with Crippen LogP contribution in [0.3, 0.4) is 0 Å². The Morgan fingerprint density at radius 1 is 1.29 bits per heavy atom. The lowest BCUT2D eigenvalue weighted by atomic mass is 10.1. The first-order valence-corrected chi connectivity index (χ1v) is 9.75. The van der Waals surface area contributed by atoms with Crippen molar-refractivity contribution in [2.45, 2.75) is 45.1 Å². The lowest BCUT2D eigenvalue weighted by molar-refractivity contribution is -0.158. The molecule has 0 bridgehead atoms. The van der Waals surface area contributed by atoms with E-state index in [1.807, 2.05) is 4.90 Å². The molecule has 0 aromatic heterocycles. The van der Waals surface area contributed by atoms with E-state index >= 15 is 0 Å². The van der Waals surface area contributed by atoms with Crippen molar-refractivity contribution in [1.82, 2.24) is 9.96 Å². The van der Waals surface area contributed by atoms with Crippen LogP contribution in [0.15, 0.2) is 24.3 Å². The van der Waals surface area contributed by atoms with Crippen molar-refractivity contribution in [2.75, 3.05) is 31.1 Å². The van der Waals surface area contributed by atoms with E-state index in [1.165, 1.54) is 6.07 Å². The fourth-order valence-electron chi connectivity index (χ4n) is 3.14. The number of rotatable bonds is 8. The van der Waals surface area contributed by atoms with E-state index in [9.17, 15) is 19.2 Å². The van der Waals surface area contributed by atoms with Gasteiger partial charge in [-0.2, -0.15) is 0 Å². The van der Waals surface area contributed by atoms with Crippen molar-refractivity contribution >= 4 is 18.0 Å². The maximum atomic E-state index is 13.9. The molecule has 1 N–H and O–H groups in total. The van der Waals surface area contributed by atoms with Gasteiger partial charge in [0, 0.05) is 32.6 Å². The van der Waals surface area contributed by atoms with Gasteiger partial charge in [0.1, 0.15) is 11.9 Å². The molecular weight excluding hydrogens is 361 g/mol. The highest BCUT2D eigenvalue weighted by Gasteiger charge is 2.26. The number of para-hydroxylation sites is 1. The largest absolute Gasteiger partial charge is 0.366 e. The van der Waals surface area contributed by atoms with Crippen molar-refractivity contribution in [2.24, 2.45) is 0 Å². The Morgan fingerprint density at radius 2 is 2.00 bits per heavy atom. The Balaban J connectivity index is 1.90. The number of nitrogens with zero attached hydrogens (tertiary/aromatic N) is 3. The second kappa shape index (κ2) is 11.3. The molecule has 1 aromatic rings. The molecule has 0 saturated carbocycles. The fourth-order valence-corrected chi connectivity index (χ4v) is 3.14. The van der Waals surface area contributed by atoms with E-state index in [0.717, 1.165) is 19.3 Å². The third kappa shape index (κ3) is 6.24. The second-order valence-electron chi connectivity index (χ2n) is 6.80. The standard InChI is InChI=1S/C21H28FN3O3/c1-2-3-4-5-6-9-18(25(28)17-26)16-21(27)24-14-12-23(13-15-24)20-11-8-7-10-19(20)22/h7-8,10-11,17-18,28H,2-5,12-16H2,1H3. The van der Waals surface area contributed by atoms with Gasteiger partial charge in [-0.15, -0.1) is 5.92 Å². The minimum atomic E-state index is -0.851. The summed E-state index contributed by atoms with van der Waals surface area (Å²) in [4.78, 5) is 27.1. The zero-order valence-corrected chi connectivity index (χ0v) is 16.3. The van der Waals surface area contributed by atoms with E-state index in [1.54, 1.807) is 23.1 Å². The highest BCUT2D eigenvalue weighted by Crippen LogP contribution is 2.20. The first-order valence-electron chi connectivity index (χ1n) is 9.75. The minimum Gasteiger partial charge on any atom is -0.366 e. The van der Waals surface area contributed by atoms with Gasteiger partial charge in [0.15, 0.2) is 0 Å². The van der Waals surface area contributed by atoms with Crippen LogP contribution in [0.1, 0.15) is 39.0 Å². The van der Waals surface area contributed by atoms with E-state index in [2.05, 4.69) is 18.8 Å². The van der Waals surface area contributed by atoms with Crippen LogP contribution in [0.25, 0.3) is 0 Å². The Bertz CT molecular complexity index is 708. The van der Waals surface area contributed by atoms with Gasteiger partial charge in [0.05, 0.1) is 12.1 Å². The predicted molar refractivity (Wildman–Crippen MR) is 105 cm³/mol. The summed E-state index contributed by atoms with van der Waals surface area (Å²) in [6.07, 6.45) is 4.00. The molecule has 1 heterocycles. The van der Waals surface area contributed by atoms with E-state index < -0.39 is 6.04 Å². The Labute approximate surface area is 165 Å². The van der Waals surface area contributed by atoms with Gasteiger partial charge in [-0.05, 0) is 18.6 Å². The maximum Gasteiger partial charge on any atom is 0.234 e. The van der Waals surface area contributed by atoms with Crippen LogP contribution in [-0.2, 0) is 9.59 Å². The lowest BCUT2D eigenvalue weighted by Crippen LogP contribution is -2.50. The molecule has 152 valence electrons. The SMILES string of the molecule is CCCCCC#CC(CC(=O)N1CCN(c2ccccc2F)CC1)N(O)C=O. The van der Waals surface area contributed by atoms with Crippen molar-refractivity contribution in [3.05, 3.63) is 30.1 Å². The number of benzene rings is 1. The number of hydrogen-bond acceptors (Lipinski definition) is 4. The second-order valence-corrected chi connectivity index (χ2v) is 6.80. The molecule has 1 aliphatic rings. The molecule has 2 rings (SSSR count). The molecule has 1 saturated heterocycles. The molecule has 6 nitrogen and oxygen atoms in total. The smallest absolute Gasteiger partial charge is 0.234 e. The quantitative estimate of drug-likeness (QED) is 0.244. The van der Waals surface area contributed by atoms with Crippen LogP contribution < -0.4 is 4.90 Å². The van der Waals surface area contributed by atoms with Crippen LogP contribution in [0, 0.1) is 17.7 Å². The molecule has 1 atom stereocenters. The van der Waals surface area contributed by atoms with Crippen molar-refractivity contribution < 1.29 is 19.2 Å². The van der Waals surface area contributed by atoms with Crippen LogP contribution >= 0.6 is 0 Å². The summed E-state index contributed by atoms with van der Waals surface area (Å²) in [5, 5.41) is 10.2. The van der Waals surface area contributed by atoms with Crippen LogP contribution in [0.5, 0.6) is 0 Å². The van der Waals surface area contributed by atoms with Crippen molar-refractivity contribution in [3.63, 3.8) is 0 Å². The van der Waals surface area contributed by atoms with Gasteiger partial charge in [0.25, 0.3) is 0 Å². The Morgan fingerprint density at radius 3 is 2.64 bits per heavy atom. The summed E-state index contributed by atoms with van der Waals surface area (Å²) < 4.78 is 13.9. The molecule has 7 heteroatoms. The van der Waals surface area contributed by atoms with Crippen LogP contribution in [0.2, 0.25) is 0 Å². The molecular formula is C21H28FN3O3. The molecule has 2 amide bonds. The van der Waals surface area contributed by atoms with Crippen LogP contribution in [-0.4, -0.2) is 59.7 Å². The highest BCUT2D eigenvalue weighted by molar-refractivity contribution is 5.78. The van der Waals surface area contributed by atoms with Gasteiger partial charge < -0.3 is 9.80 Å². The number of piperazine rings is 1. The summed E-state index contributed by atoms with van der Waals surface area (Å²) in [6, 6.07) is 5.73. The lowest BCUT2D eigenvalue weighted by Gasteiger charge is -2.36. The summed E-state index contributed by atoms with van der Waals surface area (Å²) in [5.41, 5.74) is 0.535. The summed E-state index contributed by atoms with van der Waals surface area (Å²) in [5.74, 6) is 5.32. The average Bonchev–Trinajstić information content (AvgIpc) is 2.72. The third-order valence-electron chi connectivity index (χ3n) is 4.79. The van der Waals surface area contributed by atoms with Gasteiger partial charge in [-0.3, -0.25) is 14.8 Å². The van der Waals surface area contributed by atoms with Crippen molar-refractivity contribution in [3.8, 4) is 11.8 Å². The predicted octanol–water partition coefficient (Wildman–Crippen LogP) is 2.66. The molecule has 1 unspecified atom stereocenters. The Hall–Kier alpha value is -2.59. The maximum absolute atomic E-state index is 13.9. The molecule has 1 aromatic carbocycles. The number of anilines is 1.